The van der Waals surface area contributed by atoms with Crippen LogP contribution in [0.2, 0.25) is 0 Å². The Kier molecular flexibility index (Phi) is 12.0. The van der Waals surface area contributed by atoms with Crippen molar-refractivity contribution >= 4 is 34.2 Å². The van der Waals surface area contributed by atoms with Crippen LogP contribution in [0.3, 0.4) is 0 Å². The standard InChI is InChI=1S/C39H28N4.C9H10O.Cr/c1-26-18-20-31(40-26)37(28-12-6-3-7-13-28)33-22-24-35(42-33)39(30-16-10-5-11-17-30)36-25-23-34(43-36)38(29-14-8-4-9-15-29)32-21-19-27(2)41-32;1-8(10)7-9-5-3-2-4-6-9;/h3-25H,1H2,2H3;2-7,10H,1H3;/q-2;;+2/b37-33-,38-34-,39-35-;8-7+;. The largest absolute Gasteiger partial charge is 2.00 e. The maximum Gasteiger partial charge on any atom is 2.00 e. The topological polar surface area (TPSA) is 73.2 Å². The molecule has 5 nitrogen and oxygen atoms in total. The van der Waals surface area contributed by atoms with Gasteiger partial charge in [-0.25, -0.2) is 9.98 Å². The molecule has 1 N–H and O–H groups in total. The first-order chi connectivity index (χ1) is 25.9. The summed E-state index contributed by atoms with van der Waals surface area (Å²) in [6.07, 6.45) is 9.83. The van der Waals surface area contributed by atoms with E-state index in [2.05, 4.69) is 73.3 Å². The van der Waals surface area contributed by atoms with E-state index in [0.717, 1.165) is 83.9 Å². The van der Waals surface area contributed by atoms with Gasteiger partial charge in [0.2, 0.25) is 0 Å². The normalized spacial score (nSPS) is 15.4. The molecule has 4 aromatic carbocycles. The molecule has 262 valence electrons. The van der Waals surface area contributed by atoms with Gasteiger partial charge in [0.25, 0.3) is 0 Å². The van der Waals surface area contributed by atoms with Crippen LogP contribution in [0.15, 0.2) is 204 Å². The molecule has 8 rings (SSSR count). The molecular weight excluding hydrogens is 701 g/mol. The van der Waals surface area contributed by atoms with Crippen LogP contribution in [0.1, 0.15) is 40.6 Å². The van der Waals surface area contributed by atoms with E-state index < -0.39 is 0 Å². The number of allylic oxidation sites excluding steroid dienone is 5. The van der Waals surface area contributed by atoms with Crippen LogP contribution < -0.4 is 20.7 Å². The second-order valence-electron chi connectivity index (χ2n) is 12.6. The van der Waals surface area contributed by atoms with Crippen LogP contribution in [0.5, 0.6) is 0 Å². The quantitative estimate of drug-likeness (QED) is 0.166. The van der Waals surface area contributed by atoms with Gasteiger partial charge in [-0.2, -0.15) is 5.69 Å². The summed E-state index contributed by atoms with van der Waals surface area (Å²) < 4.78 is 0. The smallest absolute Gasteiger partial charge is 0.661 e. The fourth-order valence-electron chi connectivity index (χ4n) is 6.31. The summed E-state index contributed by atoms with van der Waals surface area (Å²) in [5, 5.41) is 10.6. The monoisotopic (exact) mass is 738 g/mol. The van der Waals surface area contributed by atoms with Crippen molar-refractivity contribution in [2.24, 2.45) is 9.98 Å². The third-order valence-electron chi connectivity index (χ3n) is 8.66. The third kappa shape index (κ3) is 8.77. The molecule has 0 radical (unpaired) electrons. The number of aryl methyl sites for hydroxylation is 1. The van der Waals surface area contributed by atoms with Crippen molar-refractivity contribution in [3.05, 3.63) is 238 Å². The minimum Gasteiger partial charge on any atom is -0.661 e. The van der Waals surface area contributed by atoms with Crippen LogP contribution in [-0.4, -0.2) is 16.5 Å². The van der Waals surface area contributed by atoms with Gasteiger partial charge in [-0.3, -0.25) is 0 Å². The number of aliphatic imine (C=N–C) groups is 2. The first-order valence-electron chi connectivity index (χ1n) is 17.5. The van der Waals surface area contributed by atoms with Crippen LogP contribution >= 0.6 is 0 Å². The third-order valence-corrected chi connectivity index (χ3v) is 8.66. The molecule has 6 aromatic rings. The van der Waals surface area contributed by atoms with E-state index in [9.17, 15) is 0 Å². The van der Waals surface area contributed by atoms with Crippen LogP contribution in [0.25, 0.3) is 22.8 Å². The summed E-state index contributed by atoms with van der Waals surface area (Å²) in [6.45, 7) is 7.69. The summed E-state index contributed by atoms with van der Waals surface area (Å²) in [6, 6.07) is 48.9. The molecule has 0 unspecified atom stereocenters. The Bertz CT molecular complexity index is 2560. The van der Waals surface area contributed by atoms with Crippen LogP contribution in [0.4, 0.5) is 0 Å². The van der Waals surface area contributed by atoms with Crippen molar-refractivity contribution < 1.29 is 22.5 Å². The zero-order chi connectivity index (χ0) is 36.6. The molecule has 0 saturated heterocycles. The first-order valence-corrected chi connectivity index (χ1v) is 17.5. The maximum atomic E-state index is 8.87. The number of aliphatic hydroxyl groups is 1. The minimum absolute atomic E-state index is 0. The second kappa shape index (κ2) is 17.4. The predicted octanol–water partition coefficient (Wildman–Crippen LogP) is 8.91. The Balaban J connectivity index is 0.000000395. The summed E-state index contributed by atoms with van der Waals surface area (Å²) in [5.41, 5.74) is 12.4. The molecule has 4 heterocycles. The van der Waals surface area contributed by atoms with E-state index in [-0.39, 0.29) is 17.4 Å². The van der Waals surface area contributed by atoms with Gasteiger partial charge >= 0.3 is 17.4 Å². The van der Waals surface area contributed by atoms with Gasteiger partial charge in [-0.1, -0.05) is 159 Å². The summed E-state index contributed by atoms with van der Waals surface area (Å²) >= 11 is 0. The molecule has 0 spiro atoms. The fraction of sp³-hybridized carbons (Fsp3) is 0.0417. The molecule has 54 heavy (non-hydrogen) atoms. The van der Waals surface area contributed by atoms with Crippen molar-refractivity contribution in [3.8, 4) is 0 Å². The van der Waals surface area contributed by atoms with Crippen molar-refractivity contribution in [2.45, 2.75) is 13.8 Å². The number of rotatable bonds is 7. The van der Waals surface area contributed by atoms with Gasteiger partial charge in [-0.15, -0.1) is 16.4 Å². The molecule has 0 bridgehead atoms. The Morgan fingerprint density at radius 3 is 1.50 bits per heavy atom. The molecule has 0 amide bonds. The molecule has 0 aliphatic carbocycles. The SMILES string of the molecule is C/C(O)=C\c1ccccc1.C=C1C=CC(/C(c2ccccc2)=c2/cc/c(=C(C3=N/C(=C(/c4ccccc4)c4ccc(C)[n-]4)C=C3)\c3ccccc3)[n-]2)=N1.[Cr+2]. The van der Waals surface area contributed by atoms with E-state index >= 15 is 0 Å². The van der Waals surface area contributed by atoms with Gasteiger partial charge in [0.1, 0.15) is 0 Å². The van der Waals surface area contributed by atoms with Crippen molar-refractivity contribution in [1.82, 2.24) is 9.97 Å². The molecular formula is C48H38CrN4O. The van der Waals surface area contributed by atoms with Gasteiger partial charge in [0, 0.05) is 0 Å². The maximum absolute atomic E-state index is 8.87. The van der Waals surface area contributed by atoms with Gasteiger partial charge in [-0.05, 0) is 76.3 Å². The number of aromatic nitrogens is 2. The van der Waals surface area contributed by atoms with E-state index in [4.69, 9.17) is 25.1 Å². The predicted molar refractivity (Wildman–Crippen MR) is 219 cm³/mol. The first kappa shape index (κ1) is 37.3. The Morgan fingerprint density at radius 1 is 0.556 bits per heavy atom. The van der Waals surface area contributed by atoms with E-state index in [0.29, 0.717) is 5.76 Å². The van der Waals surface area contributed by atoms with E-state index in [1.165, 1.54) is 0 Å². The summed E-state index contributed by atoms with van der Waals surface area (Å²) in [7, 11) is 0. The Hall–Kier alpha value is -6.45. The molecule has 0 fully saturated rings. The zero-order valence-corrected chi connectivity index (χ0v) is 31.4. The number of aliphatic hydroxyl groups excluding tert-OH is 1. The molecule has 0 saturated carbocycles. The number of hydrogen-bond donors (Lipinski definition) is 1. The summed E-state index contributed by atoms with van der Waals surface area (Å²) in [4.78, 5) is 19.9. The fourth-order valence-corrected chi connectivity index (χ4v) is 6.31. The van der Waals surface area contributed by atoms with Crippen molar-refractivity contribution in [3.63, 3.8) is 0 Å². The van der Waals surface area contributed by atoms with Crippen molar-refractivity contribution in [1.29, 1.82) is 0 Å². The minimum atomic E-state index is 0. The van der Waals surface area contributed by atoms with E-state index in [1.54, 1.807) is 13.0 Å². The van der Waals surface area contributed by atoms with Gasteiger partial charge < -0.3 is 15.1 Å². The van der Waals surface area contributed by atoms with Crippen LogP contribution in [0, 0.1) is 6.92 Å². The van der Waals surface area contributed by atoms with Crippen LogP contribution in [-0.2, 0) is 17.4 Å². The van der Waals surface area contributed by atoms with Gasteiger partial charge in [0.05, 0.1) is 28.6 Å². The number of benzene rings is 4. The summed E-state index contributed by atoms with van der Waals surface area (Å²) in [5.74, 6) is 0.339. The second-order valence-corrected chi connectivity index (χ2v) is 12.6. The number of hydrogen-bond acceptors (Lipinski definition) is 3. The van der Waals surface area contributed by atoms with E-state index in [1.807, 2.05) is 110 Å². The Morgan fingerprint density at radius 2 is 1.04 bits per heavy atom. The molecule has 0 atom stereocenters. The molecule has 2 aromatic heterocycles. The average Bonchev–Trinajstić information content (AvgIpc) is 4.01. The van der Waals surface area contributed by atoms with Gasteiger partial charge in [0.15, 0.2) is 0 Å². The molecule has 2 aliphatic rings. The molecule has 6 heteroatoms. The Labute approximate surface area is 327 Å². The van der Waals surface area contributed by atoms with Crippen molar-refractivity contribution in [2.75, 3.05) is 0 Å². The zero-order valence-electron chi connectivity index (χ0n) is 30.1. The molecule has 2 aliphatic heterocycles. The number of nitrogens with zero attached hydrogens (tertiary/aromatic N) is 4. The average molecular weight is 739 g/mol.